The van der Waals surface area contributed by atoms with Crippen molar-refractivity contribution in [1.29, 1.82) is 0 Å². The highest BCUT2D eigenvalue weighted by molar-refractivity contribution is 6.06. The molecule has 0 aliphatic carbocycles. The number of para-hydroxylation sites is 1. The summed E-state index contributed by atoms with van der Waals surface area (Å²) in [5, 5.41) is 6.59. The molecule has 0 spiro atoms. The van der Waals surface area contributed by atoms with Gasteiger partial charge in [-0.25, -0.2) is 4.79 Å². The number of amides is 3. The van der Waals surface area contributed by atoms with Crippen molar-refractivity contribution >= 4 is 23.3 Å². The molecule has 3 amide bonds. The second-order valence-electron chi connectivity index (χ2n) is 11.2. The number of hydrogen-bond acceptors (Lipinski definition) is 5. The van der Waals surface area contributed by atoms with Gasteiger partial charge in [0.05, 0.1) is 0 Å². The molecule has 0 radical (unpaired) electrons. The Kier molecular flexibility index (Phi) is 10.7. The third-order valence-electron chi connectivity index (χ3n) is 8.24. The molecule has 0 aromatic heterocycles. The summed E-state index contributed by atoms with van der Waals surface area (Å²) in [6, 6.07) is 15.9. The van der Waals surface area contributed by atoms with Crippen molar-refractivity contribution < 1.29 is 9.59 Å². The Morgan fingerprint density at radius 2 is 1.79 bits per heavy atom. The first-order chi connectivity index (χ1) is 20.3. The van der Waals surface area contributed by atoms with Gasteiger partial charge in [0.15, 0.2) is 0 Å². The van der Waals surface area contributed by atoms with Gasteiger partial charge in [-0.2, -0.15) is 0 Å². The zero-order valence-corrected chi connectivity index (χ0v) is 25.5. The summed E-state index contributed by atoms with van der Waals surface area (Å²) in [7, 11) is 0. The van der Waals surface area contributed by atoms with Gasteiger partial charge in [-0.15, -0.1) is 0 Å². The molecule has 1 saturated heterocycles. The zero-order valence-electron chi connectivity index (χ0n) is 25.5. The number of nitrogens with two attached hydrogens (primary N) is 1. The molecule has 8 nitrogen and oxygen atoms in total. The number of anilines is 2. The number of nitrogens with one attached hydrogen (secondary N) is 2. The average molecular weight is 571 g/mol. The van der Waals surface area contributed by atoms with Gasteiger partial charge in [0.25, 0.3) is 5.91 Å². The zero-order chi connectivity index (χ0) is 30.1. The lowest BCUT2D eigenvalue weighted by molar-refractivity contribution is -0.116. The Morgan fingerprint density at radius 3 is 2.50 bits per heavy atom. The molecular formula is C34H46N6O2. The number of benzene rings is 2. The van der Waals surface area contributed by atoms with Gasteiger partial charge in [0.2, 0.25) is 0 Å². The highest BCUT2D eigenvalue weighted by Crippen LogP contribution is 2.29. The Labute approximate surface area is 250 Å². The van der Waals surface area contributed by atoms with Crippen LogP contribution >= 0.6 is 0 Å². The lowest BCUT2D eigenvalue weighted by Gasteiger charge is -2.40. The Balaban J connectivity index is 1.55. The predicted molar refractivity (Wildman–Crippen MR) is 172 cm³/mol. The Bertz CT molecular complexity index is 1320. The summed E-state index contributed by atoms with van der Waals surface area (Å²) < 4.78 is 0. The molecule has 224 valence electrons. The number of urea groups is 1. The highest BCUT2D eigenvalue weighted by Gasteiger charge is 2.32. The van der Waals surface area contributed by atoms with Crippen LogP contribution in [-0.2, 0) is 4.79 Å². The summed E-state index contributed by atoms with van der Waals surface area (Å²) in [5.41, 5.74) is 12.6. The second-order valence-corrected chi connectivity index (χ2v) is 11.2. The molecule has 2 aromatic rings. The molecule has 1 fully saturated rings. The van der Waals surface area contributed by atoms with E-state index in [9.17, 15) is 9.59 Å². The van der Waals surface area contributed by atoms with E-state index in [1.165, 1.54) is 0 Å². The van der Waals surface area contributed by atoms with E-state index in [0.29, 0.717) is 44.8 Å². The minimum Gasteiger partial charge on any atom is -0.402 e. The molecule has 1 atom stereocenters. The number of carbonyl (C=O) groups excluding carboxylic acids is 2. The van der Waals surface area contributed by atoms with Crippen molar-refractivity contribution in [2.45, 2.75) is 59.4 Å². The van der Waals surface area contributed by atoms with E-state index in [2.05, 4.69) is 22.5 Å². The van der Waals surface area contributed by atoms with Gasteiger partial charge in [-0.1, -0.05) is 42.5 Å². The summed E-state index contributed by atoms with van der Waals surface area (Å²) in [4.78, 5) is 33.5. The fourth-order valence-electron chi connectivity index (χ4n) is 5.61. The third kappa shape index (κ3) is 7.55. The van der Waals surface area contributed by atoms with Crippen LogP contribution in [0.25, 0.3) is 0 Å². The molecule has 8 heteroatoms. The SMILES string of the molecule is C/C=C\C=C(/N)CCN/C1=C(\N2CCN(C(=O)Nc3cccc(C)c3C)CC2)CCCC(C)N(c2ccccc2)C1=O. The number of aryl methyl sites for hydroxylation is 1. The van der Waals surface area contributed by atoms with Crippen LogP contribution in [0, 0.1) is 13.8 Å². The van der Waals surface area contributed by atoms with Crippen molar-refractivity contribution in [3.63, 3.8) is 0 Å². The number of rotatable bonds is 8. The quantitative estimate of drug-likeness (QED) is 0.356. The van der Waals surface area contributed by atoms with Crippen LogP contribution in [0.15, 0.2) is 83.9 Å². The minimum absolute atomic E-state index is 0.0190. The molecular weight excluding hydrogens is 524 g/mol. The van der Waals surface area contributed by atoms with E-state index in [1.807, 2.05) is 97.3 Å². The van der Waals surface area contributed by atoms with E-state index >= 15 is 0 Å². The molecule has 4 N–H and O–H groups in total. The molecule has 2 heterocycles. The maximum atomic E-state index is 14.3. The first kappa shape index (κ1) is 30.8. The van der Waals surface area contributed by atoms with Crippen LogP contribution in [0.2, 0.25) is 0 Å². The van der Waals surface area contributed by atoms with Crippen LogP contribution < -0.4 is 21.3 Å². The number of nitrogens with zero attached hydrogens (tertiary/aromatic N) is 3. The number of hydrogen-bond donors (Lipinski definition) is 3. The Morgan fingerprint density at radius 1 is 1.05 bits per heavy atom. The van der Waals surface area contributed by atoms with Crippen molar-refractivity contribution in [3.05, 3.63) is 95.0 Å². The molecule has 0 saturated carbocycles. The predicted octanol–water partition coefficient (Wildman–Crippen LogP) is 5.67. The van der Waals surface area contributed by atoms with Crippen molar-refractivity contribution in [2.75, 3.05) is 42.9 Å². The van der Waals surface area contributed by atoms with Crippen LogP contribution in [0.5, 0.6) is 0 Å². The van der Waals surface area contributed by atoms with Crippen LogP contribution in [0.3, 0.4) is 0 Å². The minimum atomic E-state index is -0.0862. The summed E-state index contributed by atoms with van der Waals surface area (Å²) in [6.07, 6.45) is 9.08. The summed E-state index contributed by atoms with van der Waals surface area (Å²) in [6.45, 7) is 11.2. The molecule has 42 heavy (non-hydrogen) atoms. The molecule has 2 aromatic carbocycles. The van der Waals surface area contributed by atoms with Gasteiger partial charge >= 0.3 is 6.03 Å². The van der Waals surface area contributed by atoms with Gasteiger partial charge in [0, 0.05) is 68.0 Å². The monoisotopic (exact) mass is 570 g/mol. The first-order valence-corrected chi connectivity index (χ1v) is 15.1. The maximum Gasteiger partial charge on any atom is 0.321 e. The van der Waals surface area contributed by atoms with E-state index < -0.39 is 0 Å². The van der Waals surface area contributed by atoms with Gasteiger partial charge in [0.1, 0.15) is 5.70 Å². The third-order valence-corrected chi connectivity index (χ3v) is 8.24. The van der Waals surface area contributed by atoms with Crippen molar-refractivity contribution in [1.82, 2.24) is 15.1 Å². The topological polar surface area (TPSA) is 93.9 Å². The van der Waals surface area contributed by atoms with Gasteiger partial charge < -0.3 is 31.1 Å². The fourth-order valence-corrected chi connectivity index (χ4v) is 5.61. The van der Waals surface area contributed by atoms with Crippen molar-refractivity contribution in [3.8, 4) is 0 Å². The molecule has 4 rings (SSSR count). The average Bonchev–Trinajstić information content (AvgIpc) is 2.99. The lowest BCUT2D eigenvalue weighted by Crippen LogP contribution is -2.51. The van der Waals surface area contributed by atoms with Crippen LogP contribution in [-0.4, -0.2) is 60.5 Å². The lowest BCUT2D eigenvalue weighted by atomic mass is 10.0. The summed E-state index contributed by atoms with van der Waals surface area (Å²) >= 11 is 0. The second kappa shape index (κ2) is 14.6. The molecule has 0 bridgehead atoms. The number of allylic oxidation sites excluding steroid dienone is 4. The van der Waals surface area contributed by atoms with E-state index in [1.54, 1.807) is 0 Å². The first-order valence-electron chi connectivity index (χ1n) is 15.1. The molecule has 2 aliphatic rings. The normalized spacial score (nSPS) is 20.5. The summed E-state index contributed by atoms with van der Waals surface area (Å²) in [5.74, 6) is -0.0190. The molecule has 1 unspecified atom stereocenters. The molecule has 2 aliphatic heterocycles. The van der Waals surface area contributed by atoms with Crippen molar-refractivity contribution in [2.24, 2.45) is 5.73 Å². The van der Waals surface area contributed by atoms with Gasteiger partial charge in [-0.05, 0) is 82.4 Å². The van der Waals surface area contributed by atoms with Gasteiger partial charge in [-0.3, -0.25) is 4.79 Å². The standard InChI is InChI=1S/C34H46N6O2/c1-5-6-14-28(35)19-20-36-32-31(18-11-13-26(3)40(33(32)41)29-15-8-7-9-16-29)38-21-23-39(24-22-38)34(42)37-30-17-10-12-25(2)27(30)4/h5-10,12,14-17,26,36H,11,13,18-24,35H2,1-4H3,(H,37,42)/b6-5-,28-14-,32-31-. The Hall–Kier alpha value is -4.20. The fraction of sp³-hybridized carbons (Fsp3) is 0.412. The van der Waals surface area contributed by atoms with Crippen LogP contribution in [0.1, 0.15) is 50.7 Å². The highest BCUT2D eigenvalue weighted by atomic mass is 16.2. The largest absolute Gasteiger partial charge is 0.402 e. The van der Waals surface area contributed by atoms with E-state index in [0.717, 1.165) is 53.2 Å². The smallest absolute Gasteiger partial charge is 0.321 e. The van der Waals surface area contributed by atoms with E-state index in [4.69, 9.17) is 5.73 Å². The van der Waals surface area contributed by atoms with Crippen LogP contribution in [0.4, 0.5) is 16.2 Å². The number of piperazine rings is 1. The maximum absolute atomic E-state index is 14.3. The number of carbonyl (C=O) groups is 2. The van der Waals surface area contributed by atoms with E-state index in [-0.39, 0.29) is 18.0 Å².